The maximum absolute atomic E-state index is 13.5. The Hall–Kier alpha value is -1.89. The first-order chi connectivity index (χ1) is 9.20. The van der Waals surface area contributed by atoms with E-state index in [1.54, 1.807) is 14.0 Å². The van der Waals surface area contributed by atoms with E-state index in [1.165, 1.54) is 10.9 Å². The summed E-state index contributed by atoms with van der Waals surface area (Å²) >= 11 is 0. The summed E-state index contributed by atoms with van der Waals surface area (Å²) in [5, 5.41) is 14.1. The third kappa shape index (κ3) is 2.67. The van der Waals surface area contributed by atoms with E-state index < -0.39 is 23.7 Å². The van der Waals surface area contributed by atoms with Crippen LogP contribution >= 0.6 is 0 Å². The Morgan fingerprint density at radius 3 is 2.40 bits per heavy atom. The molecule has 1 aromatic heterocycles. The van der Waals surface area contributed by atoms with Gasteiger partial charge in [0, 0.05) is 18.8 Å². The molecule has 0 aliphatic carbocycles. The van der Waals surface area contributed by atoms with Crippen molar-refractivity contribution in [1.29, 1.82) is 0 Å². The van der Waals surface area contributed by atoms with Crippen LogP contribution in [0.1, 0.15) is 28.5 Å². The molecular weight excluding hydrogens is 276 g/mol. The van der Waals surface area contributed by atoms with E-state index in [1.807, 2.05) is 0 Å². The lowest BCUT2D eigenvalue weighted by Gasteiger charge is -2.13. The molecule has 0 saturated carbocycles. The van der Waals surface area contributed by atoms with Crippen LogP contribution in [0.5, 0.6) is 0 Å². The van der Waals surface area contributed by atoms with E-state index >= 15 is 0 Å². The highest BCUT2D eigenvalue weighted by Crippen LogP contribution is 2.33. The van der Waals surface area contributed by atoms with E-state index in [2.05, 4.69) is 5.10 Å². The number of rotatable bonds is 2. The number of aryl methyl sites for hydroxylation is 2. The molecule has 3 nitrogen and oxygen atoms in total. The third-order valence-electron chi connectivity index (χ3n) is 2.96. The molecule has 2 aromatic rings. The second kappa shape index (κ2) is 4.90. The zero-order valence-corrected chi connectivity index (χ0v) is 10.7. The standard InChI is InChI=1S/C13H12F4N2O/c1-7-9(6-19(2)18-7)12(20)8-3-4-10(11(14)5-8)13(15,16)17/h3-6,12,20H,1-2H3. The van der Waals surface area contributed by atoms with Crippen molar-refractivity contribution in [2.75, 3.05) is 0 Å². The van der Waals surface area contributed by atoms with Crippen molar-refractivity contribution in [3.8, 4) is 0 Å². The van der Waals surface area contributed by atoms with E-state index in [4.69, 9.17) is 0 Å². The zero-order valence-electron chi connectivity index (χ0n) is 10.7. The van der Waals surface area contributed by atoms with Crippen molar-refractivity contribution in [3.63, 3.8) is 0 Å². The molecule has 0 aliphatic rings. The Morgan fingerprint density at radius 1 is 1.30 bits per heavy atom. The molecule has 0 radical (unpaired) electrons. The summed E-state index contributed by atoms with van der Waals surface area (Å²) in [5.41, 5.74) is -0.352. The molecule has 1 heterocycles. The molecule has 1 unspecified atom stereocenters. The summed E-state index contributed by atoms with van der Waals surface area (Å²) in [6.45, 7) is 1.65. The Labute approximate surface area is 112 Å². The number of benzene rings is 1. The van der Waals surface area contributed by atoms with E-state index in [0.717, 1.165) is 6.07 Å². The largest absolute Gasteiger partial charge is 0.419 e. The Morgan fingerprint density at radius 2 is 1.95 bits per heavy atom. The summed E-state index contributed by atoms with van der Waals surface area (Å²) in [4.78, 5) is 0. The van der Waals surface area contributed by atoms with Crippen LogP contribution in [0.2, 0.25) is 0 Å². The summed E-state index contributed by atoms with van der Waals surface area (Å²) in [7, 11) is 1.65. The fourth-order valence-electron chi connectivity index (χ4n) is 2.00. The molecule has 1 atom stereocenters. The molecule has 0 spiro atoms. The highest BCUT2D eigenvalue weighted by Gasteiger charge is 2.34. The maximum Gasteiger partial charge on any atom is 0.419 e. The fourth-order valence-corrected chi connectivity index (χ4v) is 2.00. The van der Waals surface area contributed by atoms with Gasteiger partial charge in [-0.25, -0.2) is 4.39 Å². The monoisotopic (exact) mass is 288 g/mol. The number of hydrogen-bond donors (Lipinski definition) is 1. The lowest BCUT2D eigenvalue weighted by molar-refractivity contribution is -0.140. The van der Waals surface area contributed by atoms with Crippen LogP contribution in [0, 0.1) is 12.7 Å². The second-order valence-corrected chi connectivity index (χ2v) is 4.48. The predicted octanol–water partition coefficient (Wildman–Crippen LogP) is 2.97. The normalized spacial score (nSPS) is 13.6. The van der Waals surface area contributed by atoms with Crippen LogP contribution in [0.15, 0.2) is 24.4 Å². The molecule has 0 aliphatic heterocycles. The topological polar surface area (TPSA) is 38.0 Å². The SMILES string of the molecule is Cc1nn(C)cc1C(O)c1ccc(C(F)(F)F)c(F)c1. The quantitative estimate of drug-likeness (QED) is 0.863. The van der Waals surface area contributed by atoms with Gasteiger partial charge in [-0.3, -0.25) is 4.68 Å². The van der Waals surface area contributed by atoms with Gasteiger partial charge in [0.2, 0.25) is 0 Å². The van der Waals surface area contributed by atoms with Gasteiger partial charge < -0.3 is 5.11 Å². The second-order valence-electron chi connectivity index (χ2n) is 4.48. The van der Waals surface area contributed by atoms with Crippen molar-refractivity contribution in [2.45, 2.75) is 19.2 Å². The minimum absolute atomic E-state index is 0.0478. The van der Waals surface area contributed by atoms with Crippen molar-refractivity contribution in [3.05, 3.63) is 52.6 Å². The lowest BCUT2D eigenvalue weighted by atomic mass is 10.0. The van der Waals surface area contributed by atoms with Gasteiger partial charge in [0.05, 0.1) is 11.3 Å². The van der Waals surface area contributed by atoms with Crippen LogP contribution in [0.3, 0.4) is 0 Å². The number of aromatic nitrogens is 2. The number of halogens is 4. The first-order valence-electron chi connectivity index (χ1n) is 5.75. The number of alkyl halides is 3. The highest BCUT2D eigenvalue weighted by atomic mass is 19.4. The van der Waals surface area contributed by atoms with Gasteiger partial charge in [0.25, 0.3) is 0 Å². The van der Waals surface area contributed by atoms with Gasteiger partial charge in [-0.15, -0.1) is 0 Å². The number of aliphatic hydroxyl groups is 1. The van der Waals surface area contributed by atoms with E-state index in [-0.39, 0.29) is 5.56 Å². The average Bonchev–Trinajstić information content (AvgIpc) is 2.65. The first-order valence-corrected chi connectivity index (χ1v) is 5.75. The molecule has 7 heteroatoms. The molecule has 20 heavy (non-hydrogen) atoms. The minimum atomic E-state index is -4.75. The Balaban J connectivity index is 2.39. The molecule has 0 amide bonds. The van der Waals surface area contributed by atoms with Crippen molar-refractivity contribution < 1.29 is 22.7 Å². The van der Waals surface area contributed by atoms with Gasteiger partial charge in [0.1, 0.15) is 11.9 Å². The number of hydrogen-bond acceptors (Lipinski definition) is 2. The molecule has 0 fully saturated rings. The van der Waals surface area contributed by atoms with Gasteiger partial charge in [-0.05, 0) is 24.6 Å². The summed E-state index contributed by atoms with van der Waals surface area (Å²) in [5.74, 6) is -1.41. The van der Waals surface area contributed by atoms with Crippen LogP contribution in [-0.2, 0) is 13.2 Å². The van der Waals surface area contributed by atoms with Gasteiger partial charge >= 0.3 is 6.18 Å². The predicted molar refractivity (Wildman–Crippen MR) is 63.4 cm³/mol. The third-order valence-corrected chi connectivity index (χ3v) is 2.96. The minimum Gasteiger partial charge on any atom is -0.384 e. The van der Waals surface area contributed by atoms with Crippen LogP contribution in [-0.4, -0.2) is 14.9 Å². The maximum atomic E-state index is 13.5. The van der Waals surface area contributed by atoms with Crippen LogP contribution in [0.25, 0.3) is 0 Å². The molecule has 108 valence electrons. The van der Waals surface area contributed by atoms with E-state index in [9.17, 15) is 22.7 Å². The van der Waals surface area contributed by atoms with Crippen LogP contribution in [0.4, 0.5) is 17.6 Å². The summed E-state index contributed by atoms with van der Waals surface area (Å²) < 4.78 is 52.3. The zero-order chi connectivity index (χ0) is 15.1. The summed E-state index contributed by atoms with van der Waals surface area (Å²) in [6, 6.07) is 2.38. The van der Waals surface area contributed by atoms with Crippen molar-refractivity contribution in [1.82, 2.24) is 9.78 Å². The van der Waals surface area contributed by atoms with Gasteiger partial charge in [-0.1, -0.05) is 6.07 Å². The highest BCUT2D eigenvalue weighted by molar-refractivity contribution is 5.34. The lowest BCUT2D eigenvalue weighted by Crippen LogP contribution is -2.09. The first kappa shape index (κ1) is 14.5. The molecule has 1 aromatic carbocycles. The Bertz CT molecular complexity index is 634. The Kier molecular flexibility index (Phi) is 3.56. The molecule has 0 saturated heterocycles. The van der Waals surface area contributed by atoms with Gasteiger partial charge in [-0.2, -0.15) is 18.3 Å². The average molecular weight is 288 g/mol. The van der Waals surface area contributed by atoms with Crippen LogP contribution < -0.4 is 0 Å². The van der Waals surface area contributed by atoms with E-state index in [0.29, 0.717) is 23.4 Å². The molecule has 0 bridgehead atoms. The van der Waals surface area contributed by atoms with Crippen molar-refractivity contribution in [2.24, 2.45) is 7.05 Å². The smallest absolute Gasteiger partial charge is 0.384 e. The fraction of sp³-hybridized carbons (Fsp3) is 0.308. The molecule has 1 N–H and O–H groups in total. The van der Waals surface area contributed by atoms with Gasteiger partial charge in [0.15, 0.2) is 0 Å². The summed E-state index contributed by atoms with van der Waals surface area (Å²) in [6.07, 6.45) is -4.44. The number of nitrogens with zero attached hydrogens (tertiary/aromatic N) is 2. The number of aliphatic hydroxyl groups excluding tert-OH is 1. The molecular formula is C13H12F4N2O. The van der Waals surface area contributed by atoms with Crippen molar-refractivity contribution >= 4 is 0 Å². The molecule has 2 rings (SSSR count).